The zero-order valence-corrected chi connectivity index (χ0v) is 14.8. The number of para-hydroxylation sites is 1. The zero-order chi connectivity index (χ0) is 17.8. The Bertz CT molecular complexity index is 848. The largest absolute Gasteiger partial charge is 0.388 e. The van der Waals surface area contributed by atoms with E-state index < -0.39 is 6.10 Å². The second-order valence-corrected chi connectivity index (χ2v) is 6.85. The van der Waals surface area contributed by atoms with Crippen molar-refractivity contribution >= 4 is 10.9 Å². The van der Waals surface area contributed by atoms with Crippen LogP contribution in [0.4, 0.5) is 0 Å². The Balaban J connectivity index is 1.52. The predicted octanol–water partition coefficient (Wildman–Crippen LogP) is 3.56. The molecule has 1 aromatic heterocycles. The SMILES string of the molecule is OC(CC1COCCN1Cc1cccc2cccnc12)c1ccccc1. The number of rotatable bonds is 5. The number of pyridine rings is 1. The number of fused-ring (bicyclic) bond motifs is 1. The average Bonchev–Trinajstić information content (AvgIpc) is 2.70. The summed E-state index contributed by atoms with van der Waals surface area (Å²) in [5.74, 6) is 0. The second-order valence-electron chi connectivity index (χ2n) is 6.85. The van der Waals surface area contributed by atoms with Crippen LogP contribution in [0.5, 0.6) is 0 Å². The normalized spacial score (nSPS) is 19.5. The lowest BCUT2D eigenvalue weighted by atomic mass is 10.00. The molecule has 26 heavy (non-hydrogen) atoms. The van der Waals surface area contributed by atoms with Crippen LogP contribution in [0, 0.1) is 0 Å². The van der Waals surface area contributed by atoms with Crippen molar-refractivity contribution in [1.82, 2.24) is 9.88 Å². The maximum absolute atomic E-state index is 10.6. The van der Waals surface area contributed by atoms with Gasteiger partial charge in [0.25, 0.3) is 0 Å². The van der Waals surface area contributed by atoms with Crippen LogP contribution in [-0.4, -0.2) is 40.8 Å². The van der Waals surface area contributed by atoms with Crippen molar-refractivity contribution in [2.45, 2.75) is 25.1 Å². The summed E-state index contributed by atoms with van der Waals surface area (Å²) in [6, 6.07) is 20.5. The molecule has 0 amide bonds. The molecule has 4 rings (SSSR count). The number of ether oxygens (including phenoxy) is 1. The maximum Gasteiger partial charge on any atom is 0.0805 e. The van der Waals surface area contributed by atoms with Gasteiger partial charge in [0.1, 0.15) is 0 Å². The van der Waals surface area contributed by atoms with E-state index >= 15 is 0 Å². The van der Waals surface area contributed by atoms with E-state index in [1.165, 1.54) is 10.9 Å². The molecule has 134 valence electrons. The van der Waals surface area contributed by atoms with Crippen LogP contribution in [0.2, 0.25) is 0 Å². The summed E-state index contributed by atoms with van der Waals surface area (Å²) in [6.45, 7) is 3.08. The Morgan fingerprint density at radius 1 is 1.08 bits per heavy atom. The van der Waals surface area contributed by atoms with Crippen molar-refractivity contribution in [2.24, 2.45) is 0 Å². The fourth-order valence-corrected chi connectivity index (χ4v) is 3.70. The molecule has 1 fully saturated rings. The molecule has 0 aliphatic carbocycles. The van der Waals surface area contributed by atoms with E-state index in [0.717, 1.165) is 30.8 Å². The topological polar surface area (TPSA) is 45.6 Å². The molecule has 4 nitrogen and oxygen atoms in total. The molecule has 2 heterocycles. The molecular formula is C22H24N2O2. The van der Waals surface area contributed by atoms with E-state index in [-0.39, 0.29) is 6.04 Å². The quantitative estimate of drug-likeness (QED) is 0.766. The Kier molecular flexibility index (Phi) is 5.25. The van der Waals surface area contributed by atoms with Gasteiger partial charge in [0.2, 0.25) is 0 Å². The molecule has 2 unspecified atom stereocenters. The van der Waals surface area contributed by atoms with Crippen LogP contribution in [-0.2, 0) is 11.3 Å². The highest BCUT2D eigenvalue weighted by molar-refractivity contribution is 5.81. The fourth-order valence-electron chi connectivity index (χ4n) is 3.70. The highest BCUT2D eigenvalue weighted by Gasteiger charge is 2.26. The summed E-state index contributed by atoms with van der Waals surface area (Å²) in [7, 11) is 0. The highest BCUT2D eigenvalue weighted by Crippen LogP contribution is 2.25. The van der Waals surface area contributed by atoms with Gasteiger partial charge in [0, 0.05) is 30.7 Å². The van der Waals surface area contributed by atoms with Gasteiger partial charge < -0.3 is 9.84 Å². The van der Waals surface area contributed by atoms with Crippen molar-refractivity contribution in [3.8, 4) is 0 Å². The first-order valence-corrected chi connectivity index (χ1v) is 9.19. The molecule has 2 aromatic carbocycles. The third-order valence-corrected chi connectivity index (χ3v) is 5.12. The predicted molar refractivity (Wildman–Crippen MR) is 103 cm³/mol. The van der Waals surface area contributed by atoms with Gasteiger partial charge in [-0.25, -0.2) is 0 Å². The highest BCUT2D eigenvalue weighted by atomic mass is 16.5. The van der Waals surface area contributed by atoms with Crippen LogP contribution in [0.25, 0.3) is 10.9 Å². The minimum Gasteiger partial charge on any atom is -0.388 e. The first-order valence-electron chi connectivity index (χ1n) is 9.19. The van der Waals surface area contributed by atoms with Crippen molar-refractivity contribution < 1.29 is 9.84 Å². The van der Waals surface area contributed by atoms with E-state index in [2.05, 4.69) is 34.1 Å². The summed E-state index contributed by atoms with van der Waals surface area (Å²) in [5.41, 5.74) is 3.25. The van der Waals surface area contributed by atoms with Crippen LogP contribution >= 0.6 is 0 Å². The van der Waals surface area contributed by atoms with Crippen molar-refractivity contribution in [2.75, 3.05) is 19.8 Å². The molecule has 0 spiro atoms. The Morgan fingerprint density at radius 3 is 2.81 bits per heavy atom. The van der Waals surface area contributed by atoms with Crippen LogP contribution in [0.3, 0.4) is 0 Å². The monoisotopic (exact) mass is 348 g/mol. The second kappa shape index (κ2) is 7.96. The van der Waals surface area contributed by atoms with E-state index in [1.54, 1.807) is 0 Å². The van der Waals surface area contributed by atoms with Gasteiger partial charge in [-0.2, -0.15) is 0 Å². The fraction of sp³-hybridized carbons (Fsp3) is 0.318. The van der Waals surface area contributed by atoms with Gasteiger partial charge in [-0.15, -0.1) is 0 Å². The Hall–Kier alpha value is -2.27. The number of morpholine rings is 1. The maximum atomic E-state index is 10.6. The lowest BCUT2D eigenvalue weighted by Crippen LogP contribution is -2.45. The smallest absolute Gasteiger partial charge is 0.0805 e. The minimum absolute atomic E-state index is 0.193. The minimum atomic E-state index is -0.476. The summed E-state index contributed by atoms with van der Waals surface area (Å²) in [4.78, 5) is 6.99. The molecular weight excluding hydrogens is 324 g/mol. The number of nitrogens with zero attached hydrogens (tertiary/aromatic N) is 2. The number of hydrogen-bond donors (Lipinski definition) is 1. The van der Waals surface area contributed by atoms with Crippen LogP contribution < -0.4 is 0 Å². The lowest BCUT2D eigenvalue weighted by molar-refractivity contribution is -0.0298. The summed E-state index contributed by atoms with van der Waals surface area (Å²) >= 11 is 0. The summed E-state index contributed by atoms with van der Waals surface area (Å²) < 4.78 is 5.71. The summed E-state index contributed by atoms with van der Waals surface area (Å²) in [6.07, 6.45) is 2.04. The number of aliphatic hydroxyl groups excluding tert-OH is 1. The number of hydrogen-bond acceptors (Lipinski definition) is 4. The molecule has 4 heteroatoms. The van der Waals surface area contributed by atoms with Gasteiger partial charge >= 0.3 is 0 Å². The van der Waals surface area contributed by atoms with Gasteiger partial charge in [-0.1, -0.05) is 54.6 Å². The molecule has 1 aliphatic rings. The van der Waals surface area contributed by atoms with E-state index in [0.29, 0.717) is 13.0 Å². The Morgan fingerprint density at radius 2 is 1.92 bits per heavy atom. The molecule has 1 aliphatic heterocycles. The van der Waals surface area contributed by atoms with Gasteiger partial charge in [-0.05, 0) is 23.6 Å². The molecule has 1 N–H and O–H groups in total. The number of benzene rings is 2. The third-order valence-electron chi connectivity index (χ3n) is 5.12. The van der Waals surface area contributed by atoms with E-state index in [4.69, 9.17) is 4.74 Å². The van der Waals surface area contributed by atoms with Crippen LogP contribution in [0.1, 0.15) is 23.7 Å². The van der Waals surface area contributed by atoms with Gasteiger partial charge in [0.15, 0.2) is 0 Å². The molecule has 3 aromatic rings. The standard InChI is InChI=1S/C22H24N2O2/c25-21(17-6-2-1-3-7-17)14-20-16-26-13-12-24(20)15-19-9-4-8-18-10-5-11-23-22(18)19/h1-11,20-21,25H,12-16H2. The van der Waals surface area contributed by atoms with E-state index in [9.17, 15) is 5.11 Å². The average molecular weight is 348 g/mol. The van der Waals surface area contributed by atoms with Crippen molar-refractivity contribution in [1.29, 1.82) is 0 Å². The Labute approximate surface area is 154 Å². The van der Waals surface area contributed by atoms with Crippen molar-refractivity contribution in [3.05, 3.63) is 78.0 Å². The first-order chi connectivity index (χ1) is 12.8. The van der Waals surface area contributed by atoms with E-state index in [1.807, 2.05) is 42.6 Å². The molecule has 1 saturated heterocycles. The first kappa shape index (κ1) is 17.2. The molecule has 0 radical (unpaired) electrons. The number of aliphatic hydroxyl groups is 1. The number of aromatic nitrogens is 1. The lowest BCUT2D eigenvalue weighted by Gasteiger charge is -2.36. The van der Waals surface area contributed by atoms with Crippen molar-refractivity contribution in [3.63, 3.8) is 0 Å². The molecule has 0 saturated carbocycles. The summed E-state index contributed by atoms with van der Waals surface area (Å²) in [5, 5.41) is 11.8. The van der Waals surface area contributed by atoms with Gasteiger partial charge in [0.05, 0.1) is 24.8 Å². The third kappa shape index (κ3) is 3.78. The van der Waals surface area contributed by atoms with Crippen LogP contribution in [0.15, 0.2) is 66.9 Å². The van der Waals surface area contributed by atoms with Gasteiger partial charge in [-0.3, -0.25) is 9.88 Å². The molecule has 2 atom stereocenters. The zero-order valence-electron chi connectivity index (χ0n) is 14.8. The molecule has 0 bridgehead atoms.